The van der Waals surface area contributed by atoms with E-state index in [0.29, 0.717) is 19.6 Å². The molecular weight excluding hydrogens is 160 g/mol. The van der Waals surface area contributed by atoms with E-state index in [2.05, 4.69) is 15.5 Å². The van der Waals surface area contributed by atoms with Crippen molar-refractivity contribution in [2.24, 2.45) is 0 Å². The van der Waals surface area contributed by atoms with Gasteiger partial charge in [0, 0.05) is 6.42 Å². The Bertz CT molecular complexity index is 234. The normalized spacial score (nSPS) is 9.75. The van der Waals surface area contributed by atoms with Gasteiger partial charge in [0.15, 0.2) is 0 Å². The first-order valence-electron chi connectivity index (χ1n) is 3.69. The lowest BCUT2D eigenvalue weighted by Crippen LogP contribution is -2.10. The van der Waals surface area contributed by atoms with Crippen molar-refractivity contribution in [2.45, 2.75) is 19.9 Å². The average Bonchev–Trinajstić information content (AvgIpc) is 2.57. The van der Waals surface area contributed by atoms with Gasteiger partial charge in [-0.15, -0.1) is 5.10 Å². The second kappa shape index (κ2) is 4.42. The minimum absolute atomic E-state index is 0.205. The molecule has 0 saturated carbocycles. The van der Waals surface area contributed by atoms with Crippen molar-refractivity contribution in [3.05, 3.63) is 6.33 Å². The molecule has 0 radical (unpaired) electrons. The van der Waals surface area contributed by atoms with Crippen LogP contribution in [0.3, 0.4) is 0 Å². The summed E-state index contributed by atoms with van der Waals surface area (Å²) in [6.07, 6.45) is 1.87. The van der Waals surface area contributed by atoms with Gasteiger partial charge in [-0.25, -0.2) is 4.68 Å². The highest BCUT2D eigenvalue weighted by atomic mass is 16.5. The maximum Gasteiger partial charge on any atom is 0.305 e. The number of carbonyl (C=O) groups is 1. The fourth-order valence-electron chi connectivity index (χ4n) is 0.638. The van der Waals surface area contributed by atoms with Gasteiger partial charge in [-0.3, -0.25) is 4.79 Å². The molecular formula is C6H10N4O2. The number of esters is 1. The third-order valence-electron chi connectivity index (χ3n) is 1.26. The molecule has 0 unspecified atom stereocenters. The zero-order chi connectivity index (χ0) is 8.81. The summed E-state index contributed by atoms with van der Waals surface area (Å²) in [4.78, 5) is 10.7. The number of aromatic nitrogens is 4. The van der Waals surface area contributed by atoms with Crippen molar-refractivity contribution < 1.29 is 9.53 Å². The predicted molar refractivity (Wildman–Crippen MR) is 39.1 cm³/mol. The molecule has 0 N–H and O–H groups in total. The molecule has 0 aliphatic heterocycles. The van der Waals surface area contributed by atoms with E-state index in [0.717, 1.165) is 0 Å². The largest absolute Gasteiger partial charge is 0.464 e. The number of carbonyl (C=O) groups excluding carboxylic acids is 1. The Balaban J connectivity index is 2.15. The summed E-state index contributed by atoms with van der Waals surface area (Å²) in [6.45, 7) is 2.57. The minimum atomic E-state index is -0.205. The summed E-state index contributed by atoms with van der Waals surface area (Å²) in [7, 11) is 0. The lowest BCUT2D eigenvalue weighted by molar-refractivity contribution is -0.143. The number of hydrogen-bond acceptors (Lipinski definition) is 5. The SMILES string of the molecule is CCC(=O)OCCn1cnnn1. The molecule has 0 saturated heterocycles. The van der Waals surface area contributed by atoms with E-state index in [4.69, 9.17) is 4.74 Å². The van der Waals surface area contributed by atoms with Gasteiger partial charge in [0.1, 0.15) is 12.9 Å². The lowest BCUT2D eigenvalue weighted by Gasteiger charge is -2.01. The van der Waals surface area contributed by atoms with E-state index in [9.17, 15) is 4.79 Å². The zero-order valence-electron chi connectivity index (χ0n) is 6.80. The van der Waals surface area contributed by atoms with Gasteiger partial charge < -0.3 is 4.74 Å². The van der Waals surface area contributed by atoms with Crippen LogP contribution >= 0.6 is 0 Å². The molecule has 0 fully saturated rings. The van der Waals surface area contributed by atoms with Gasteiger partial charge in [0.2, 0.25) is 0 Å². The standard InChI is InChI=1S/C6H10N4O2/c1-2-6(11)12-4-3-10-5-7-8-9-10/h5H,2-4H2,1H3. The first kappa shape index (κ1) is 8.63. The van der Waals surface area contributed by atoms with E-state index >= 15 is 0 Å². The molecule has 0 aromatic carbocycles. The van der Waals surface area contributed by atoms with Gasteiger partial charge in [-0.1, -0.05) is 6.92 Å². The van der Waals surface area contributed by atoms with E-state index in [1.807, 2.05) is 0 Å². The van der Waals surface area contributed by atoms with Gasteiger partial charge >= 0.3 is 5.97 Å². The first-order valence-corrected chi connectivity index (χ1v) is 3.69. The number of rotatable bonds is 4. The van der Waals surface area contributed by atoms with Crippen molar-refractivity contribution in [3.8, 4) is 0 Å². The van der Waals surface area contributed by atoms with Crippen molar-refractivity contribution in [1.29, 1.82) is 0 Å². The number of tetrazole rings is 1. The van der Waals surface area contributed by atoms with Crippen LogP contribution in [-0.2, 0) is 16.1 Å². The van der Waals surface area contributed by atoms with Gasteiger partial charge in [0.05, 0.1) is 6.54 Å². The topological polar surface area (TPSA) is 69.9 Å². The molecule has 0 aliphatic carbocycles. The van der Waals surface area contributed by atoms with Crippen LogP contribution in [0.15, 0.2) is 6.33 Å². The predicted octanol–water partition coefficient (Wildman–Crippen LogP) is -0.374. The molecule has 0 atom stereocenters. The molecule has 0 spiro atoms. The molecule has 1 aromatic rings. The summed E-state index contributed by atoms with van der Waals surface area (Å²) in [5.41, 5.74) is 0. The zero-order valence-corrected chi connectivity index (χ0v) is 6.80. The van der Waals surface area contributed by atoms with Crippen LogP contribution in [0.4, 0.5) is 0 Å². The average molecular weight is 170 g/mol. The molecule has 66 valence electrons. The van der Waals surface area contributed by atoms with Crippen molar-refractivity contribution >= 4 is 5.97 Å². The molecule has 1 heterocycles. The van der Waals surface area contributed by atoms with Crippen molar-refractivity contribution in [3.63, 3.8) is 0 Å². The van der Waals surface area contributed by atoms with Crippen LogP contribution in [0.25, 0.3) is 0 Å². The molecule has 6 heteroatoms. The van der Waals surface area contributed by atoms with Crippen LogP contribution < -0.4 is 0 Å². The van der Waals surface area contributed by atoms with Gasteiger partial charge in [0.25, 0.3) is 0 Å². The second-order valence-electron chi connectivity index (χ2n) is 2.15. The summed E-state index contributed by atoms with van der Waals surface area (Å²) in [5, 5.41) is 10.5. The van der Waals surface area contributed by atoms with Crippen molar-refractivity contribution in [1.82, 2.24) is 20.2 Å². The van der Waals surface area contributed by atoms with E-state index in [-0.39, 0.29) is 5.97 Å². The highest BCUT2D eigenvalue weighted by molar-refractivity contribution is 5.68. The fourth-order valence-corrected chi connectivity index (χ4v) is 0.638. The van der Waals surface area contributed by atoms with E-state index in [1.54, 1.807) is 6.92 Å². The minimum Gasteiger partial charge on any atom is -0.464 e. The summed E-state index contributed by atoms with van der Waals surface area (Å²) >= 11 is 0. The third kappa shape index (κ3) is 2.65. The molecule has 0 aliphatic rings. The fraction of sp³-hybridized carbons (Fsp3) is 0.667. The highest BCUT2D eigenvalue weighted by Crippen LogP contribution is 1.85. The number of nitrogens with zero attached hydrogens (tertiary/aromatic N) is 4. The maximum atomic E-state index is 10.7. The first-order chi connectivity index (χ1) is 5.83. The van der Waals surface area contributed by atoms with Crippen molar-refractivity contribution in [2.75, 3.05) is 6.61 Å². The Morgan fingerprint density at radius 2 is 2.50 bits per heavy atom. The Morgan fingerprint density at radius 3 is 3.08 bits per heavy atom. The maximum absolute atomic E-state index is 10.7. The Labute approximate surface area is 69.5 Å². The molecule has 0 amide bonds. The van der Waals surface area contributed by atoms with Gasteiger partial charge in [-0.2, -0.15) is 0 Å². The Morgan fingerprint density at radius 1 is 1.67 bits per heavy atom. The number of ether oxygens (including phenoxy) is 1. The molecule has 1 aromatic heterocycles. The lowest BCUT2D eigenvalue weighted by atomic mass is 10.5. The van der Waals surface area contributed by atoms with E-state index < -0.39 is 0 Å². The van der Waals surface area contributed by atoms with Crippen LogP contribution in [0.1, 0.15) is 13.3 Å². The van der Waals surface area contributed by atoms with E-state index in [1.165, 1.54) is 11.0 Å². The van der Waals surface area contributed by atoms with Crippen LogP contribution in [0.5, 0.6) is 0 Å². The molecule has 12 heavy (non-hydrogen) atoms. The summed E-state index contributed by atoms with van der Waals surface area (Å²) < 4.78 is 6.31. The summed E-state index contributed by atoms with van der Waals surface area (Å²) in [6, 6.07) is 0. The molecule has 1 rings (SSSR count). The van der Waals surface area contributed by atoms with Crippen LogP contribution in [0, 0.1) is 0 Å². The van der Waals surface area contributed by atoms with Crippen LogP contribution in [-0.4, -0.2) is 32.8 Å². The Hall–Kier alpha value is -1.46. The number of hydrogen-bond donors (Lipinski definition) is 0. The van der Waals surface area contributed by atoms with Gasteiger partial charge in [-0.05, 0) is 10.4 Å². The Kier molecular flexibility index (Phi) is 3.18. The molecule has 0 bridgehead atoms. The van der Waals surface area contributed by atoms with Crippen LogP contribution in [0.2, 0.25) is 0 Å². The monoisotopic (exact) mass is 170 g/mol. The highest BCUT2D eigenvalue weighted by Gasteiger charge is 1.98. The quantitative estimate of drug-likeness (QED) is 0.576. The third-order valence-corrected chi connectivity index (χ3v) is 1.26. The second-order valence-corrected chi connectivity index (χ2v) is 2.15. The summed E-state index contributed by atoms with van der Waals surface area (Å²) in [5.74, 6) is -0.205. The smallest absolute Gasteiger partial charge is 0.305 e. The molecule has 6 nitrogen and oxygen atoms in total.